The molecule has 0 rings (SSSR count). The summed E-state index contributed by atoms with van der Waals surface area (Å²) in [4.78, 5) is 11.3. The lowest BCUT2D eigenvalue weighted by Gasteiger charge is -2.19. The van der Waals surface area contributed by atoms with Crippen LogP contribution in [0, 0.1) is 0 Å². The van der Waals surface area contributed by atoms with Gasteiger partial charge in [0.25, 0.3) is 0 Å². The molecule has 0 bridgehead atoms. The Balaban J connectivity index is 4.13. The molecule has 3 heteroatoms. The zero-order valence-electron chi connectivity index (χ0n) is 9.84. The molecule has 0 aromatic rings. The molecular formula is C12H21NO2. The van der Waals surface area contributed by atoms with Gasteiger partial charge in [-0.05, 0) is 18.9 Å². The third-order valence-electron chi connectivity index (χ3n) is 2.07. The molecule has 0 aromatic heterocycles. The highest BCUT2D eigenvalue weighted by molar-refractivity contribution is 5.94. The number of allylic oxidation sites excluding steroid dienone is 1. The fraction of sp³-hybridized carbons (Fsp3) is 0.583. The topological polar surface area (TPSA) is 49.3 Å². The fourth-order valence-electron chi connectivity index (χ4n) is 1.24. The number of carbonyl (C=O) groups excluding carboxylic acids is 1. The van der Waals surface area contributed by atoms with Gasteiger partial charge >= 0.3 is 0 Å². The molecule has 3 nitrogen and oxygen atoms in total. The first-order valence-corrected chi connectivity index (χ1v) is 5.17. The van der Waals surface area contributed by atoms with Crippen molar-refractivity contribution in [2.45, 2.75) is 45.7 Å². The SMILES string of the molecule is C=C(C)C(=O)CC[C@H](NC(C)C)C(=C)O. The van der Waals surface area contributed by atoms with E-state index in [-0.39, 0.29) is 23.6 Å². The minimum absolute atomic E-state index is 0.0341. The smallest absolute Gasteiger partial charge is 0.158 e. The first kappa shape index (κ1) is 13.9. The van der Waals surface area contributed by atoms with E-state index >= 15 is 0 Å². The van der Waals surface area contributed by atoms with Crippen molar-refractivity contribution in [1.82, 2.24) is 5.32 Å². The molecule has 0 unspecified atom stereocenters. The highest BCUT2D eigenvalue weighted by Crippen LogP contribution is 2.08. The molecular weight excluding hydrogens is 190 g/mol. The van der Waals surface area contributed by atoms with Gasteiger partial charge in [0.2, 0.25) is 0 Å². The molecule has 2 N–H and O–H groups in total. The number of rotatable bonds is 7. The average Bonchev–Trinajstić information content (AvgIpc) is 2.10. The van der Waals surface area contributed by atoms with Gasteiger partial charge in [0.1, 0.15) is 5.76 Å². The van der Waals surface area contributed by atoms with E-state index in [0.29, 0.717) is 18.4 Å². The summed E-state index contributed by atoms with van der Waals surface area (Å²) in [6.07, 6.45) is 0.943. The second-order valence-corrected chi connectivity index (χ2v) is 4.11. The van der Waals surface area contributed by atoms with Crippen molar-refractivity contribution in [1.29, 1.82) is 0 Å². The quantitative estimate of drug-likeness (QED) is 0.502. The van der Waals surface area contributed by atoms with Crippen LogP contribution in [0.3, 0.4) is 0 Å². The third-order valence-corrected chi connectivity index (χ3v) is 2.07. The molecule has 0 fully saturated rings. The summed E-state index contributed by atoms with van der Waals surface area (Å²) >= 11 is 0. The minimum atomic E-state index is -0.215. The van der Waals surface area contributed by atoms with E-state index < -0.39 is 0 Å². The Morgan fingerprint density at radius 2 is 1.93 bits per heavy atom. The van der Waals surface area contributed by atoms with Crippen molar-refractivity contribution in [3.05, 3.63) is 24.5 Å². The zero-order chi connectivity index (χ0) is 12.0. The molecule has 0 aliphatic heterocycles. The van der Waals surface area contributed by atoms with Gasteiger partial charge in [-0.3, -0.25) is 4.79 Å². The Kier molecular flexibility index (Phi) is 5.94. The Hall–Kier alpha value is -1.09. The van der Waals surface area contributed by atoms with E-state index in [2.05, 4.69) is 18.5 Å². The van der Waals surface area contributed by atoms with Crippen LogP contribution >= 0.6 is 0 Å². The summed E-state index contributed by atoms with van der Waals surface area (Å²) < 4.78 is 0. The lowest BCUT2D eigenvalue weighted by Crippen LogP contribution is -2.36. The lowest BCUT2D eigenvalue weighted by molar-refractivity contribution is -0.115. The molecule has 0 aromatic carbocycles. The normalized spacial score (nSPS) is 12.5. The van der Waals surface area contributed by atoms with Crippen LogP contribution in [0.25, 0.3) is 0 Å². The maximum Gasteiger partial charge on any atom is 0.158 e. The minimum Gasteiger partial charge on any atom is -0.511 e. The standard InChI is InChI=1S/C12H21NO2/c1-8(2)12(15)7-6-11(10(5)14)13-9(3)4/h9,11,13-14H,1,5-7H2,2-4H3/t11-/m0/s1. The number of hydrogen-bond donors (Lipinski definition) is 2. The molecule has 0 heterocycles. The molecule has 0 aliphatic rings. The van der Waals surface area contributed by atoms with Crippen LogP contribution in [0.4, 0.5) is 0 Å². The van der Waals surface area contributed by atoms with Crippen molar-refractivity contribution >= 4 is 5.78 Å². The molecule has 0 saturated heterocycles. The average molecular weight is 211 g/mol. The van der Waals surface area contributed by atoms with Crippen LogP contribution < -0.4 is 5.32 Å². The van der Waals surface area contributed by atoms with E-state index in [0.717, 1.165) is 0 Å². The largest absolute Gasteiger partial charge is 0.511 e. The van der Waals surface area contributed by atoms with Gasteiger partial charge < -0.3 is 10.4 Å². The van der Waals surface area contributed by atoms with Crippen molar-refractivity contribution in [2.24, 2.45) is 0 Å². The second-order valence-electron chi connectivity index (χ2n) is 4.11. The Morgan fingerprint density at radius 1 is 1.40 bits per heavy atom. The van der Waals surface area contributed by atoms with Crippen LogP contribution in [-0.2, 0) is 4.79 Å². The maximum atomic E-state index is 11.3. The van der Waals surface area contributed by atoms with Gasteiger partial charge in [0.15, 0.2) is 5.78 Å². The van der Waals surface area contributed by atoms with Gasteiger partial charge in [0.05, 0.1) is 6.04 Å². The number of aliphatic hydroxyl groups excluding tert-OH is 1. The Labute approximate surface area is 91.9 Å². The molecule has 15 heavy (non-hydrogen) atoms. The Bertz CT molecular complexity index is 256. The van der Waals surface area contributed by atoms with Crippen molar-refractivity contribution < 1.29 is 9.90 Å². The van der Waals surface area contributed by atoms with Crippen LogP contribution in [0.2, 0.25) is 0 Å². The number of ketones is 1. The van der Waals surface area contributed by atoms with E-state index in [4.69, 9.17) is 0 Å². The summed E-state index contributed by atoms with van der Waals surface area (Å²) in [6.45, 7) is 12.7. The molecule has 1 atom stereocenters. The molecule has 0 aliphatic carbocycles. The predicted molar refractivity (Wildman–Crippen MR) is 62.9 cm³/mol. The monoisotopic (exact) mass is 211 g/mol. The maximum absolute atomic E-state index is 11.3. The number of nitrogens with one attached hydrogen (secondary N) is 1. The van der Waals surface area contributed by atoms with E-state index in [9.17, 15) is 9.90 Å². The first-order chi connectivity index (χ1) is 6.84. The number of carbonyl (C=O) groups is 1. The van der Waals surface area contributed by atoms with Crippen LogP contribution in [0.1, 0.15) is 33.6 Å². The van der Waals surface area contributed by atoms with Crippen LogP contribution in [0.15, 0.2) is 24.5 Å². The molecule has 0 saturated carbocycles. The highest BCUT2D eigenvalue weighted by Gasteiger charge is 2.14. The van der Waals surface area contributed by atoms with Crippen molar-refractivity contribution in [3.63, 3.8) is 0 Å². The third kappa shape index (κ3) is 6.07. The molecule has 0 radical (unpaired) electrons. The molecule has 0 spiro atoms. The number of aliphatic hydroxyl groups is 1. The van der Waals surface area contributed by atoms with Gasteiger partial charge in [0, 0.05) is 12.5 Å². The number of Topliss-reactive ketones (excluding diaryl/α,β-unsaturated/α-hetero) is 1. The van der Waals surface area contributed by atoms with Crippen molar-refractivity contribution in [3.8, 4) is 0 Å². The van der Waals surface area contributed by atoms with Gasteiger partial charge in [-0.2, -0.15) is 0 Å². The number of hydrogen-bond acceptors (Lipinski definition) is 3. The Morgan fingerprint density at radius 3 is 2.27 bits per heavy atom. The van der Waals surface area contributed by atoms with Crippen molar-refractivity contribution in [2.75, 3.05) is 0 Å². The summed E-state index contributed by atoms with van der Waals surface area (Å²) in [6, 6.07) is 0.0344. The van der Waals surface area contributed by atoms with E-state index in [1.807, 2.05) is 13.8 Å². The van der Waals surface area contributed by atoms with Crippen LogP contribution in [-0.4, -0.2) is 23.0 Å². The van der Waals surface area contributed by atoms with Crippen LogP contribution in [0.5, 0.6) is 0 Å². The summed E-state index contributed by atoms with van der Waals surface area (Å²) in [5.74, 6) is 0.116. The van der Waals surface area contributed by atoms with Gasteiger partial charge in [-0.25, -0.2) is 0 Å². The van der Waals surface area contributed by atoms with E-state index in [1.165, 1.54) is 0 Å². The molecule has 0 amide bonds. The predicted octanol–water partition coefficient (Wildman–Crippen LogP) is 2.35. The van der Waals surface area contributed by atoms with E-state index in [1.54, 1.807) is 6.92 Å². The zero-order valence-corrected chi connectivity index (χ0v) is 9.84. The second kappa shape index (κ2) is 6.40. The highest BCUT2D eigenvalue weighted by atomic mass is 16.3. The summed E-state index contributed by atoms with van der Waals surface area (Å²) in [7, 11) is 0. The molecule has 86 valence electrons. The van der Waals surface area contributed by atoms with Gasteiger partial charge in [-0.1, -0.05) is 27.0 Å². The summed E-state index contributed by atoms with van der Waals surface area (Å²) in [5, 5.41) is 12.5. The summed E-state index contributed by atoms with van der Waals surface area (Å²) in [5.41, 5.74) is 0.557. The first-order valence-electron chi connectivity index (χ1n) is 5.17. The van der Waals surface area contributed by atoms with Gasteiger partial charge in [-0.15, -0.1) is 0 Å². The fourth-order valence-corrected chi connectivity index (χ4v) is 1.24. The lowest BCUT2D eigenvalue weighted by atomic mass is 10.0.